The molecule has 0 saturated carbocycles. The molecular formula is C14H12N2O4. The normalized spacial score (nSPS) is 9.85. The average Bonchev–Trinajstić information content (AvgIpc) is 2.52. The van der Waals surface area contributed by atoms with Crippen LogP contribution in [0.1, 0.15) is 15.9 Å². The van der Waals surface area contributed by atoms with Crippen molar-refractivity contribution in [2.45, 2.75) is 6.61 Å². The van der Waals surface area contributed by atoms with Crippen molar-refractivity contribution in [2.75, 3.05) is 7.11 Å². The minimum absolute atomic E-state index is 0.162. The van der Waals surface area contributed by atoms with Crippen LogP contribution in [0.2, 0.25) is 0 Å². The lowest BCUT2D eigenvalue weighted by molar-refractivity contribution is -0.129. The highest BCUT2D eigenvalue weighted by Crippen LogP contribution is 2.17. The number of esters is 1. The van der Waals surface area contributed by atoms with Gasteiger partial charge in [-0.15, -0.1) is 0 Å². The molecule has 0 bridgehead atoms. The number of carbonyl (C=O) groups is 2. The van der Waals surface area contributed by atoms with Crippen molar-refractivity contribution in [3.05, 3.63) is 47.8 Å². The molecule has 2 rings (SSSR count). The van der Waals surface area contributed by atoms with Crippen LogP contribution < -0.4 is 0 Å². The van der Waals surface area contributed by atoms with Crippen LogP contribution in [0.5, 0.6) is 0 Å². The molecular weight excluding hydrogens is 260 g/mol. The van der Waals surface area contributed by atoms with Crippen molar-refractivity contribution in [3.8, 4) is 11.4 Å². The summed E-state index contributed by atoms with van der Waals surface area (Å²) < 4.78 is 9.34. The maximum absolute atomic E-state index is 11.5. The number of ether oxygens (including phenoxy) is 2. The van der Waals surface area contributed by atoms with Crippen molar-refractivity contribution in [1.82, 2.24) is 9.97 Å². The zero-order chi connectivity index (χ0) is 14.4. The Balaban J connectivity index is 2.31. The van der Waals surface area contributed by atoms with E-state index in [2.05, 4.69) is 19.4 Å². The zero-order valence-electron chi connectivity index (χ0n) is 10.8. The molecule has 0 aliphatic heterocycles. The molecule has 0 spiro atoms. The van der Waals surface area contributed by atoms with Crippen molar-refractivity contribution >= 4 is 12.4 Å². The van der Waals surface area contributed by atoms with E-state index in [1.165, 1.54) is 13.3 Å². The molecule has 102 valence electrons. The lowest BCUT2D eigenvalue weighted by Gasteiger charge is -2.05. The number of rotatable bonds is 5. The quantitative estimate of drug-likeness (QED) is 0.607. The molecule has 0 aromatic carbocycles. The number of nitrogens with zero attached hydrogens (tertiary/aromatic N) is 2. The van der Waals surface area contributed by atoms with Gasteiger partial charge in [-0.3, -0.25) is 14.8 Å². The van der Waals surface area contributed by atoms with Crippen LogP contribution in [0, 0.1) is 0 Å². The Labute approximate surface area is 115 Å². The van der Waals surface area contributed by atoms with E-state index in [4.69, 9.17) is 0 Å². The largest absolute Gasteiger partial charge is 0.465 e. The third-order valence-corrected chi connectivity index (χ3v) is 2.59. The highest BCUT2D eigenvalue weighted by Gasteiger charge is 2.09. The fourth-order valence-corrected chi connectivity index (χ4v) is 1.65. The SMILES string of the molecule is COC(=O)c1ccnc(-c2cc(COC=O)ccn2)c1. The van der Waals surface area contributed by atoms with E-state index in [9.17, 15) is 9.59 Å². The van der Waals surface area contributed by atoms with Crippen LogP contribution in [-0.2, 0) is 20.9 Å². The Hall–Kier alpha value is -2.76. The molecule has 2 heterocycles. The second-order valence-electron chi connectivity index (χ2n) is 3.88. The van der Waals surface area contributed by atoms with Gasteiger partial charge in [0, 0.05) is 12.4 Å². The molecule has 20 heavy (non-hydrogen) atoms. The van der Waals surface area contributed by atoms with Gasteiger partial charge in [0.05, 0.1) is 24.1 Å². The molecule has 0 unspecified atom stereocenters. The minimum Gasteiger partial charge on any atom is -0.465 e. The monoisotopic (exact) mass is 272 g/mol. The first-order valence-corrected chi connectivity index (χ1v) is 5.79. The predicted octanol–water partition coefficient (Wildman–Crippen LogP) is 1.60. The molecule has 2 aromatic rings. The number of aromatic nitrogens is 2. The lowest BCUT2D eigenvalue weighted by Crippen LogP contribution is -2.02. The van der Waals surface area contributed by atoms with Gasteiger partial charge >= 0.3 is 5.97 Å². The van der Waals surface area contributed by atoms with Crippen LogP contribution in [0.4, 0.5) is 0 Å². The van der Waals surface area contributed by atoms with Gasteiger partial charge in [0.2, 0.25) is 0 Å². The van der Waals surface area contributed by atoms with Crippen molar-refractivity contribution in [3.63, 3.8) is 0 Å². The Morgan fingerprint density at radius 1 is 1.20 bits per heavy atom. The molecule has 0 aliphatic carbocycles. The second-order valence-corrected chi connectivity index (χ2v) is 3.88. The summed E-state index contributed by atoms with van der Waals surface area (Å²) in [5.74, 6) is -0.436. The van der Waals surface area contributed by atoms with E-state index in [0.29, 0.717) is 23.4 Å². The Morgan fingerprint density at radius 2 is 1.90 bits per heavy atom. The summed E-state index contributed by atoms with van der Waals surface area (Å²) >= 11 is 0. The molecule has 2 aromatic heterocycles. The lowest BCUT2D eigenvalue weighted by atomic mass is 10.1. The van der Waals surface area contributed by atoms with Crippen LogP contribution in [0.25, 0.3) is 11.4 Å². The Morgan fingerprint density at radius 3 is 2.60 bits per heavy atom. The molecule has 0 saturated heterocycles. The molecule has 6 heteroatoms. The summed E-state index contributed by atoms with van der Waals surface area (Å²) in [5.41, 5.74) is 2.31. The van der Waals surface area contributed by atoms with Crippen LogP contribution in [0.15, 0.2) is 36.7 Å². The summed E-state index contributed by atoms with van der Waals surface area (Å²) in [6.07, 6.45) is 3.10. The highest BCUT2D eigenvalue weighted by atomic mass is 16.5. The topological polar surface area (TPSA) is 78.4 Å². The Bertz CT molecular complexity index is 628. The number of methoxy groups -OCH3 is 1. The summed E-state index contributed by atoms with van der Waals surface area (Å²) in [6, 6.07) is 6.64. The fraction of sp³-hybridized carbons (Fsp3) is 0.143. The van der Waals surface area contributed by atoms with Gasteiger partial charge in [0.1, 0.15) is 6.61 Å². The number of pyridine rings is 2. The van der Waals surface area contributed by atoms with E-state index in [-0.39, 0.29) is 6.61 Å². The van der Waals surface area contributed by atoms with E-state index >= 15 is 0 Å². The van der Waals surface area contributed by atoms with E-state index < -0.39 is 5.97 Å². The summed E-state index contributed by atoms with van der Waals surface area (Å²) in [7, 11) is 1.32. The van der Waals surface area contributed by atoms with Gasteiger partial charge in [-0.2, -0.15) is 0 Å². The van der Waals surface area contributed by atoms with Gasteiger partial charge in [-0.05, 0) is 29.8 Å². The third kappa shape index (κ3) is 3.17. The van der Waals surface area contributed by atoms with Crippen molar-refractivity contribution in [1.29, 1.82) is 0 Å². The van der Waals surface area contributed by atoms with E-state index in [1.807, 2.05) is 0 Å². The fourth-order valence-electron chi connectivity index (χ4n) is 1.65. The van der Waals surface area contributed by atoms with Crippen molar-refractivity contribution < 1.29 is 19.1 Å². The number of hydrogen-bond acceptors (Lipinski definition) is 6. The molecule has 6 nitrogen and oxygen atoms in total. The molecule has 0 radical (unpaired) electrons. The smallest absolute Gasteiger partial charge is 0.337 e. The average molecular weight is 272 g/mol. The van der Waals surface area contributed by atoms with Gasteiger partial charge in [0.15, 0.2) is 0 Å². The van der Waals surface area contributed by atoms with Crippen molar-refractivity contribution in [2.24, 2.45) is 0 Å². The first kappa shape index (κ1) is 13.7. The maximum Gasteiger partial charge on any atom is 0.337 e. The number of carbonyl (C=O) groups excluding carboxylic acids is 2. The van der Waals surface area contributed by atoms with Crippen LogP contribution >= 0.6 is 0 Å². The van der Waals surface area contributed by atoms with E-state index in [1.54, 1.807) is 30.5 Å². The minimum atomic E-state index is -0.436. The third-order valence-electron chi connectivity index (χ3n) is 2.59. The van der Waals surface area contributed by atoms with Gasteiger partial charge < -0.3 is 9.47 Å². The summed E-state index contributed by atoms with van der Waals surface area (Å²) in [6.45, 7) is 0.548. The standard InChI is InChI=1S/C14H12N2O4/c1-19-14(18)11-3-5-16-13(7-11)12-6-10(2-4-15-12)8-20-9-17/h2-7,9H,8H2,1H3. The van der Waals surface area contributed by atoms with Crippen LogP contribution in [0.3, 0.4) is 0 Å². The zero-order valence-corrected chi connectivity index (χ0v) is 10.8. The highest BCUT2D eigenvalue weighted by molar-refractivity contribution is 5.90. The number of hydrogen-bond donors (Lipinski definition) is 0. The predicted molar refractivity (Wildman–Crippen MR) is 69.7 cm³/mol. The van der Waals surface area contributed by atoms with Gasteiger partial charge in [-0.1, -0.05) is 0 Å². The second kappa shape index (κ2) is 6.42. The first-order valence-electron chi connectivity index (χ1n) is 5.79. The molecule has 0 aliphatic rings. The summed E-state index contributed by atoms with van der Waals surface area (Å²) in [5, 5.41) is 0. The maximum atomic E-state index is 11.5. The molecule has 0 fully saturated rings. The van der Waals surface area contributed by atoms with E-state index in [0.717, 1.165) is 5.56 Å². The van der Waals surface area contributed by atoms with Crippen LogP contribution in [-0.4, -0.2) is 29.5 Å². The Kier molecular flexibility index (Phi) is 4.39. The molecule has 0 N–H and O–H groups in total. The molecule has 0 atom stereocenters. The van der Waals surface area contributed by atoms with Gasteiger partial charge in [0.25, 0.3) is 6.47 Å². The first-order chi connectivity index (χ1) is 9.74. The van der Waals surface area contributed by atoms with Gasteiger partial charge in [-0.25, -0.2) is 4.79 Å². The molecule has 0 amide bonds. The summed E-state index contributed by atoms with van der Waals surface area (Å²) in [4.78, 5) is 30.0.